The first kappa shape index (κ1) is 17.1. The molecule has 25 heavy (non-hydrogen) atoms. The maximum Gasteiger partial charge on any atom is 0.221 e. The average molecular weight is 394 g/mol. The fourth-order valence-corrected chi connectivity index (χ4v) is 2.73. The largest absolute Gasteiger partial charge is 0.382 e. The zero-order valence-corrected chi connectivity index (χ0v) is 15.0. The molecular weight excluding hydrogens is 378 g/mol. The number of carbonyl (C=O) groups is 1. The molecule has 3 aromatic rings. The summed E-state index contributed by atoms with van der Waals surface area (Å²) in [6, 6.07) is 28.5. The molecule has 3 nitrogen and oxygen atoms in total. The number of hydrogen-bond donors (Lipinski definition) is 0. The van der Waals surface area contributed by atoms with Gasteiger partial charge in [-0.25, -0.2) is 0 Å². The smallest absolute Gasteiger partial charge is 0.221 e. The Morgan fingerprint density at radius 2 is 1.20 bits per heavy atom. The van der Waals surface area contributed by atoms with E-state index in [9.17, 15) is 4.79 Å². The number of carbonyl (C=O) groups excluding carboxylic acids is 1. The Morgan fingerprint density at radius 3 is 1.68 bits per heavy atom. The van der Waals surface area contributed by atoms with E-state index in [1.54, 1.807) is 12.1 Å². The summed E-state index contributed by atoms with van der Waals surface area (Å²) < 4.78 is 0.135. The molecule has 0 fully saturated rings. The molecule has 3 rings (SSSR count). The summed E-state index contributed by atoms with van der Waals surface area (Å²) >= 11 is 3.23. The van der Waals surface area contributed by atoms with Crippen LogP contribution in [0.1, 0.15) is 27.6 Å². The lowest BCUT2D eigenvalue weighted by atomic mass is 10.0. The van der Waals surface area contributed by atoms with Gasteiger partial charge in [0.05, 0.1) is 0 Å². The summed E-state index contributed by atoms with van der Waals surface area (Å²) in [6.07, 6.45) is -0.390. The number of nitrogens with zero attached hydrogens (tertiary/aromatic N) is 1. The topological polar surface area (TPSA) is 38.7 Å². The second-order valence-corrected chi connectivity index (χ2v) is 6.14. The molecule has 0 radical (unpaired) electrons. The van der Waals surface area contributed by atoms with Gasteiger partial charge in [-0.2, -0.15) is 0 Å². The van der Waals surface area contributed by atoms with Crippen molar-refractivity contribution in [1.29, 1.82) is 0 Å². The van der Waals surface area contributed by atoms with Crippen molar-refractivity contribution >= 4 is 26.3 Å². The summed E-state index contributed by atoms with van der Waals surface area (Å²) in [7, 11) is 0. The molecule has 0 heterocycles. The Labute approximate surface area is 155 Å². The minimum atomic E-state index is -0.390. The first-order chi connectivity index (χ1) is 12.3. The number of hydrogen-bond acceptors (Lipinski definition) is 3. The van der Waals surface area contributed by atoms with Crippen LogP contribution in [0.3, 0.4) is 0 Å². The highest BCUT2D eigenvalue weighted by Crippen LogP contribution is 2.26. The summed E-state index contributed by atoms with van der Waals surface area (Å²) in [6.45, 7) is 0. The predicted molar refractivity (Wildman–Crippen MR) is 103 cm³/mol. The summed E-state index contributed by atoms with van der Waals surface area (Å²) in [4.78, 5) is 18.1. The first-order valence-corrected chi connectivity index (χ1v) is 8.64. The number of halogens is 1. The van der Waals surface area contributed by atoms with E-state index in [1.165, 1.54) is 0 Å². The number of ketones is 1. The third-order valence-corrected chi connectivity index (χ3v) is 4.17. The van der Waals surface area contributed by atoms with Crippen LogP contribution in [-0.4, -0.2) is 10.4 Å². The minimum Gasteiger partial charge on any atom is -0.382 e. The van der Waals surface area contributed by atoms with Gasteiger partial charge < -0.3 is 4.84 Å². The monoisotopic (exact) mass is 393 g/mol. The van der Waals surface area contributed by atoms with Gasteiger partial charge in [-0.15, -0.1) is 0 Å². The normalized spacial score (nSPS) is 11.4. The molecule has 0 saturated carbocycles. The van der Waals surface area contributed by atoms with E-state index in [0.29, 0.717) is 5.56 Å². The fraction of sp³-hybridized carbons (Fsp3) is 0.0476. The molecule has 4 heteroatoms. The average Bonchev–Trinajstić information content (AvgIpc) is 2.70. The number of Topliss-reactive ketones (excluding diaryl/α,β-unsaturated/α-hetero) is 1. The van der Waals surface area contributed by atoms with Gasteiger partial charge in [-0.05, 0) is 27.1 Å². The van der Waals surface area contributed by atoms with E-state index in [-0.39, 0.29) is 10.4 Å². The fourth-order valence-electron chi connectivity index (χ4n) is 2.42. The molecular formula is C21H16BrNO2. The van der Waals surface area contributed by atoms with Gasteiger partial charge in [0.2, 0.25) is 5.78 Å². The third kappa shape index (κ3) is 4.43. The van der Waals surface area contributed by atoms with Gasteiger partial charge in [-0.3, -0.25) is 4.79 Å². The minimum absolute atomic E-state index is 0.135. The van der Waals surface area contributed by atoms with Crippen LogP contribution in [0.4, 0.5) is 0 Å². The van der Waals surface area contributed by atoms with Crippen LogP contribution in [0, 0.1) is 0 Å². The highest BCUT2D eigenvalue weighted by molar-refractivity contribution is 9.19. The zero-order valence-electron chi connectivity index (χ0n) is 13.4. The standard InChI is InChI=1S/C21H16BrNO2/c22-21(19(24)16-10-4-1-5-11-16)23-25-20(17-12-6-2-7-13-17)18-14-8-3-9-15-18/h1-15,20H/b23-21-. The molecule has 0 aliphatic heterocycles. The van der Waals surface area contributed by atoms with E-state index in [4.69, 9.17) is 4.84 Å². The van der Waals surface area contributed by atoms with E-state index in [0.717, 1.165) is 11.1 Å². The van der Waals surface area contributed by atoms with Crippen molar-refractivity contribution in [3.63, 3.8) is 0 Å². The highest BCUT2D eigenvalue weighted by Gasteiger charge is 2.17. The lowest BCUT2D eigenvalue weighted by molar-refractivity contribution is 0.0856. The molecule has 0 aromatic heterocycles. The number of rotatable bonds is 6. The Morgan fingerprint density at radius 1 is 0.760 bits per heavy atom. The molecule has 0 spiro atoms. The van der Waals surface area contributed by atoms with Gasteiger partial charge in [0.15, 0.2) is 10.7 Å². The second-order valence-electron chi connectivity index (χ2n) is 5.38. The van der Waals surface area contributed by atoms with Gasteiger partial charge in [0.1, 0.15) is 0 Å². The van der Waals surface area contributed by atoms with E-state index >= 15 is 0 Å². The SMILES string of the molecule is O=C(/C(Br)=N/OC(c1ccccc1)c1ccccc1)c1ccccc1. The Kier molecular flexibility index (Phi) is 5.75. The van der Waals surface area contributed by atoms with E-state index in [2.05, 4.69) is 21.1 Å². The number of benzene rings is 3. The van der Waals surface area contributed by atoms with Crippen LogP contribution in [0.25, 0.3) is 0 Å². The highest BCUT2D eigenvalue weighted by atomic mass is 79.9. The predicted octanol–water partition coefficient (Wildman–Crippen LogP) is 5.38. The lowest BCUT2D eigenvalue weighted by Crippen LogP contribution is -2.10. The Bertz CT molecular complexity index is 809. The molecule has 124 valence electrons. The molecule has 0 amide bonds. The van der Waals surface area contributed by atoms with Crippen molar-refractivity contribution in [3.8, 4) is 0 Å². The maximum atomic E-state index is 12.4. The van der Waals surface area contributed by atoms with E-state index < -0.39 is 6.10 Å². The van der Waals surface area contributed by atoms with Crippen molar-refractivity contribution in [2.24, 2.45) is 5.16 Å². The molecule has 0 bridgehead atoms. The van der Waals surface area contributed by atoms with Crippen LogP contribution >= 0.6 is 15.9 Å². The van der Waals surface area contributed by atoms with Crippen LogP contribution in [0.2, 0.25) is 0 Å². The van der Waals surface area contributed by atoms with E-state index in [1.807, 2.05) is 78.9 Å². The van der Waals surface area contributed by atoms with Crippen LogP contribution < -0.4 is 0 Å². The Hall–Kier alpha value is -2.72. The van der Waals surface area contributed by atoms with Crippen LogP contribution in [0.15, 0.2) is 96.2 Å². The molecule has 0 aliphatic rings. The molecule has 3 aromatic carbocycles. The van der Waals surface area contributed by atoms with Gasteiger partial charge >= 0.3 is 0 Å². The molecule has 0 atom stereocenters. The van der Waals surface area contributed by atoms with Gasteiger partial charge in [0.25, 0.3) is 0 Å². The van der Waals surface area contributed by atoms with Crippen molar-refractivity contribution in [3.05, 3.63) is 108 Å². The van der Waals surface area contributed by atoms with Crippen molar-refractivity contribution in [2.75, 3.05) is 0 Å². The first-order valence-electron chi connectivity index (χ1n) is 7.84. The van der Waals surface area contributed by atoms with Gasteiger partial charge in [0, 0.05) is 5.56 Å². The summed E-state index contributed by atoms with van der Waals surface area (Å²) in [5.74, 6) is -0.222. The molecule has 0 N–H and O–H groups in total. The number of oxime groups is 1. The van der Waals surface area contributed by atoms with Crippen LogP contribution in [0.5, 0.6) is 0 Å². The molecule has 0 unspecified atom stereocenters. The van der Waals surface area contributed by atoms with Crippen molar-refractivity contribution < 1.29 is 9.63 Å². The Balaban J connectivity index is 1.85. The maximum absolute atomic E-state index is 12.4. The second kappa shape index (κ2) is 8.40. The lowest BCUT2D eigenvalue weighted by Gasteiger charge is -2.16. The van der Waals surface area contributed by atoms with Gasteiger partial charge in [-0.1, -0.05) is 96.2 Å². The quantitative estimate of drug-likeness (QED) is 0.320. The van der Waals surface area contributed by atoms with Crippen molar-refractivity contribution in [1.82, 2.24) is 0 Å². The van der Waals surface area contributed by atoms with Crippen molar-refractivity contribution in [2.45, 2.75) is 6.10 Å². The summed E-state index contributed by atoms with van der Waals surface area (Å²) in [5.41, 5.74) is 2.48. The van der Waals surface area contributed by atoms with Crippen LogP contribution in [-0.2, 0) is 4.84 Å². The molecule has 0 aliphatic carbocycles. The zero-order chi connectivity index (χ0) is 17.5. The third-order valence-electron chi connectivity index (χ3n) is 3.67. The molecule has 0 saturated heterocycles. The summed E-state index contributed by atoms with van der Waals surface area (Å²) in [5, 5.41) is 4.04.